The van der Waals surface area contributed by atoms with E-state index in [1.54, 1.807) is 23.9 Å². The predicted octanol–water partition coefficient (Wildman–Crippen LogP) is 5.14. The fourth-order valence-electron chi connectivity index (χ4n) is 1.95. The molecule has 0 spiro atoms. The summed E-state index contributed by atoms with van der Waals surface area (Å²) in [6, 6.07) is 17.4. The topological polar surface area (TPSA) is 54.9 Å². The van der Waals surface area contributed by atoms with E-state index in [1.807, 2.05) is 48.5 Å². The summed E-state index contributed by atoms with van der Waals surface area (Å²) in [5.74, 6) is 0.450. The summed E-state index contributed by atoms with van der Waals surface area (Å²) in [5.41, 5.74) is 0.788. The van der Waals surface area contributed by atoms with Gasteiger partial charge in [0, 0.05) is 16.0 Å². The van der Waals surface area contributed by atoms with E-state index in [9.17, 15) is 4.79 Å². The number of nitrogens with one attached hydrogen (secondary N) is 1. The minimum atomic E-state index is -0.265. The van der Waals surface area contributed by atoms with E-state index in [0.29, 0.717) is 15.9 Å². The number of hydrogen-bond donors (Lipinski definition) is 1. The summed E-state index contributed by atoms with van der Waals surface area (Å²) < 4.78 is 0. The Hall–Kier alpha value is -2.15. The molecule has 1 heterocycles. The maximum Gasteiger partial charge on any atom is 0.250 e. The Morgan fingerprint density at radius 1 is 1.12 bits per heavy atom. The highest BCUT2D eigenvalue weighted by atomic mass is 35.5. The van der Waals surface area contributed by atoms with Crippen molar-refractivity contribution in [3.63, 3.8) is 0 Å². The molecule has 7 heteroatoms. The van der Waals surface area contributed by atoms with Gasteiger partial charge < -0.3 is 0 Å². The number of aromatic nitrogens is 2. The lowest BCUT2D eigenvalue weighted by Gasteiger charge is -1.98. The van der Waals surface area contributed by atoms with Crippen molar-refractivity contribution in [2.24, 2.45) is 0 Å². The van der Waals surface area contributed by atoms with Crippen molar-refractivity contribution >= 4 is 51.8 Å². The van der Waals surface area contributed by atoms with Crippen LogP contribution in [0.15, 0.2) is 65.6 Å². The van der Waals surface area contributed by atoms with Gasteiger partial charge >= 0.3 is 0 Å². The highest BCUT2D eigenvalue weighted by Crippen LogP contribution is 2.25. The number of amides is 1. The first kappa shape index (κ1) is 17.7. The van der Waals surface area contributed by atoms with E-state index in [0.717, 1.165) is 10.6 Å². The predicted molar refractivity (Wildman–Crippen MR) is 105 cm³/mol. The van der Waals surface area contributed by atoms with Crippen LogP contribution < -0.4 is 5.32 Å². The van der Waals surface area contributed by atoms with Gasteiger partial charge in [-0.1, -0.05) is 59.3 Å². The molecule has 0 aliphatic heterocycles. The van der Waals surface area contributed by atoms with Gasteiger partial charge in [-0.15, -0.1) is 22.0 Å². The Kier molecular flexibility index (Phi) is 6.22. The first-order chi connectivity index (χ1) is 12.2. The van der Waals surface area contributed by atoms with Crippen LogP contribution in [0, 0.1) is 0 Å². The Labute approximate surface area is 159 Å². The number of halogens is 1. The molecule has 0 fully saturated rings. The van der Waals surface area contributed by atoms with Gasteiger partial charge in [0.25, 0.3) is 0 Å². The number of benzene rings is 2. The number of anilines is 1. The first-order valence-electron chi connectivity index (χ1n) is 7.44. The highest BCUT2D eigenvalue weighted by molar-refractivity contribution is 7.98. The fourth-order valence-corrected chi connectivity index (χ4v) is 3.79. The Balaban J connectivity index is 1.54. The molecule has 2 aromatic carbocycles. The van der Waals surface area contributed by atoms with Gasteiger partial charge in [0.05, 0.1) is 5.75 Å². The quantitative estimate of drug-likeness (QED) is 0.470. The van der Waals surface area contributed by atoms with Gasteiger partial charge in [-0.3, -0.25) is 10.1 Å². The Morgan fingerprint density at radius 3 is 2.68 bits per heavy atom. The van der Waals surface area contributed by atoms with E-state index in [2.05, 4.69) is 15.5 Å². The lowest BCUT2D eigenvalue weighted by atomic mass is 10.2. The Morgan fingerprint density at radius 2 is 1.88 bits per heavy atom. The average Bonchev–Trinajstić information content (AvgIpc) is 3.07. The molecule has 0 unspecified atom stereocenters. The van der Waals surface area contributed by atoms with Gasteiger partial charge in [0.15, 0.2) is 0 Å². The number of rotatable bonds is 6. The molecule has 3 aromatic rings. The molecule has 1 aromatic heterocycles. The fraction of sp³-hybridized carbons (Fsp3) is 0.0556. The summed E-state index contributed by atoms with van der Waals surface area (Å²) in [7, 11) is 0. The average molecular weight is 388 g/mol. The van der Waals surface area contributed by atoms with Crippen LogP contribution >= 0.6 is 34.7 Å². The van der Waals surface area contributed by atoms with Crippen LogP contribution in [0.4, 0.5) is 5.13 Å². The highest BCUT2D eigenvalue weighted by Gasteiger charge is 2.07. The van der Waals surface area contributed by atoms with Crippen LogP contribution in [0.2, 0.25) is 5.02 Å². The van der Waals surface area contributed by atoms with Crippen molar-refractivity contribution in [1.82, 2.24) is 10.2 Å². The standard InChI is InChI=1S/C18H14ClN3OS2/c19-15-9-5-4-6-13(15)10-11-16(23)20-18-22-21-17(25-18)12-24-14-7-2-1-3-8-14/h1-11H,12H2,(H,20,22,23)/b11-10+. The van der Waals surface area contributed by atoms with Crippen molar-refractivity contribution in [3.8, 4) is 0 Å². The van der Waals surface area contributed by atoms with Crippen LogP contribution in [0.1, 0.15) is 10.6 Å². The number of hydrogen-bond acceptors (Lipinski definition) is 5. The summed E-state index contributed by atoms with van der Waals surface area (Å²) in [4.78, 5) is 13.2. The van der Waals surface area contributed by atoms with E-state index in [1.165, 1.54) is 22.3 Å². The largest absolute Gasteiger partial charge is 0.297 e. The molecule has 1 amide bonds. The van der Waals surface area contributed by atoms with E-state index >= 15 is 0 Å². The van der Waals surface area contributed by atoms with Crippen molar-refractivity contribution < 1.29 is 4.79 Å². The summed E-state index contributed by atoms with van der Waals surface area (Å²) in [6.45, 7) is 0. The van der Waals surface area contributed by atoms with Crippen molar-refractivity contribution in [1.29, 1.82) is 0 Å². The lowest BCUT2D eigenvalue weighted by Crippen LogP contribution is -2.07. The second-order valence-corrected chi connectivity index (χ2v) is 7.46. The third-order valence-corrected chi connectivity index (χ3v) is 5.51. The van der Waals surface area contributed by atoms with E-state index in [-0.39, 0.29) is 5.91 Å². The molecule has 0 radical (unpaired) electrons. The van der Waals surface area contributed by atoms with E-state index < -0.39 is 0 Å². The second kappa shape index (κ2) is 8.80. The second-order valence-electron chi connectivity index (χ2n) is 4.95. The van der Waals surface area contributed by atoms with Crippen LogP contribution in [-0.4, -0.2) is 16.1 Å². The van der Waals surface area contributed by atoms with Crippen LogP contribution in [0.25, 0.3) is 6.08 Å². The molecule has 0 aliphatic rings. The molecule has 0 saturated carbocycles. The number of carbonyl (C=O) groups is 1. The van der Waals surface area contributed by atoms with Crippen molar-refractivity contribution in [2.75, 3.05) is 5.32 Å². The van der Waals surface area contributed by atoms with Gasteiger partial charge in [-0.05, 0) is 29.8 Å². The Bertz CT molecular complexity index is 881. The monoisotopic (exact) mass is 387 g/mol. The lowest BCUT2D eigenvalue weighted by molar-refractivity contribution is -0.111. The summed E-state index contributed by atoms with van der Waals surface area (Å²) in [5, 5.41) is 12.8. The number of carbonyl (C=O) groups excluding carboxylic acids is 1. The zero-order chi connectivity index (χ0) is 17.5. The number of nitrogens with zero attached hydrogens (tertiary/aromatic N) is 2. The maximum absolute atomic E-state index is 12.0. The van der Waals surface area contributed by atoms with E-state index in [4.69, 9.17) is 11.6 Å². The SMILES string of the molecule is O=C(/C=C/c1ccccc1Cl)Nc1nnc(CSc2ccccc2)s1. The first-order valence-corrected chi connectivity index (χ1v) is 9.62. The molecule has 0 aliphatic carbocycles. The molecular formula is C18H14ClN3OS2. The zero-order valence-electron chi connectivity index (χ0n) is 13.1. The minimum absolute atomic E-state index is 0.265. The summed E-state index contributed by atoms with van der Waals surface area (Å²) in [6.07, 6.45) is 3.10. The van der Waals surface area contributed by atoms with Crippen molar-refractivity contribution in [3.05, 3.63) is 76.3 Å². The molecule has 25 heavy (non-hydrogen) atoms. The summed E-state index contributed by atoms with van der Waals surface area (Å²) >= 11 is 9.10. The van der Waals surface area contributed by atoms with Gasteiger partial charge in [0.1, 0.15) is 5.01 Å². The number of thioether (sulfide) groups is 1. The van der Waals surface area contributed by atoms with Crippen LogP contribution in [0.5, 0.6) is 0 Å². The third-order valence-electron chi connectivity index (χ3n) is 3.12. The normalized spacial score (nSPS) is 10.9. The molecule has 0 atom stereocenters. The molecule has 0 saturated heterocycles. The molecule has 4 nitrogen and oxygen atoms in total. The molecule has 1 N–H and O–H groups in total. The van der Waals surface area contributed by atoms with Crippen molar-refractivity contribution in [2.45, 2.75) is 10.6 Å². The molecule has 3 rings (SSSR count). The molecular weight excluding hydrogens is 374 g/mol. The maximum atomic E-state index is 12.0. The smallest absolute Gasteiger partial charge is 0.250 e. The zero-order valence-corrected chi connectivity index (χ0v) is 15.4. The van der Waals surface area contributed by atoms with Gasteiger partial charge in [-0.25, -0.2) is 0 Å². The van der Waals surface area contributed by atoms with Gasteiger partial charge in [0.2, 0.25) is 11.0 Å². The van der Waals surface area contributed by atoms with Crippen LogP contribution in [0.3, 0.4) is 0 Å². The third kappa shape index (κ3) is 5.42. The van der Waals surface area contributed by atoms with Crippen LogP contribution in [-0.2, 0) is 10.5 Å². The molecule has 0 bridgehead atoms. The molecule has 126 valence electrons. The minimum Gasteiger partial charge on any atom is -0.297 e. The van der Waals surface area contributed by atoms with Gasteiger partial charge in [-0.2, -0.15) is 0 Å².